The van der Waals surface area contributed by atoms with Gasteiger partial charge >= 0.3 is 0 Å². The highest BCUT2D eigenvalue weighted by atomic mass is 35.5. The third-order valence-electron chi connectivity index (χ3n) is 3.73. The number of anilines is 1. The largest absolute Gasteiger partial charge is 0.459 e. The minimum Gasteiger partial charge on any atom is -0.459 e. The molecule has 0 bridgehead atoms. The van der Waals surface area contributed by atoms with Crippen LogP contribution in [0.15, 0.2) is 69.7 Å². The minimum atomic E-state index is -0.292. The third kappa shape index (κ3) is 3.72. The number of furan rings is 1. The first-order valence-electron chi connectivity index (χ1n) is 7.84. The molecule has 8 heteroatoms. The molecule has 6 nitrogen and oxygen atoms in total. The second-order valence-electron chi connectivity index (χ2n) is 5.55. The van der Waals surface area contributed by atoms with Crippen LogP contribution in [0.25, 0.3) is 23.1 Å². The van der Waals surface area contributed by atoms with Crippen molar-refractivity contribution in [1.29, 1.82) is 0 Å². The molecule has 0 fully saturated rings. The zero-order valence-corrected chi connectivity index (χ0v) is 15.2. The van der Waals surface area contributed by atoms with Crippen LogP contribution in [-0.2, 0) is 0 Å². The van der Waals surface area contributed by atoms with Crippen molar-refractivity contribution >= 4 is 34.8 Å². The highest BCUT2D eigenvalue weighted by molar-refractivity contribution is 6.42. The van der Waals surface area contributed by atoms with Crippen LogP contribution in [0, 0.1) is 0 Å². The second-order valence-corrected chi connectivity index (χ2v) is 6.36. The van der Waals surface area contributed by atoms with Gasteiger partial charge in [-0.15, -0.1) is 10.2 Å². The summed E-state index contributed by atoms with van der Waals surface area (Å²) in [5.41, 5.74) is 1.74. The maximum atomic E-state index is 12.3. The van der Waals surface area contributed by atoms with Gasteiger partial charge in [-0.2, -0.15) is 0 Å². The van der Waals surface area contributed by atoms with Crippen LogP contribution in [0.4, 0.5) is 5.69 Å². The maximum Gasteiger partial charge on any atom is 0.283 e. The molecule has 0 radical (unpaired) electrons. The number of aromatic nitrogens is 2. The normalized spacial score (nSPS) is 10.7. The van der Waals surface area contributed by atoms with E-state index in [9.17, 15) is 4.79 Å². The van der Waals surface area contributed by atoms with Crippen LogP contribution in [0.1, 0.15) is 10.4 Å². The SMILES string of the molecule is O=C(Nc1ccc(-c2nnc(-c3ccco3)o2)cc1)c1ccc(Cl)c(Cl)c1. The smallest absolute Gasteiger partial charge is 0.283 e. The van der Waals surface area contributed by atoms with Crippen LogP contribution >= 0.6 is 23.2 Å². The number of rotatable bonds is 4. The molecule has 0 aliphatic carbocycles. The summed E-state index contributed by atoms with van der Waals surface area (Å²) in [7, 11) is 0. The topological polar surface area (TPSA) is 81.2 Å². The molecule has 2 heterocycles. The molecule has 0 saturated heterocycles. The van der Waals surface area contributed by atoms with Crippen LogP contribution in [0.5, 0.6) is 0 Å². The van der Waals surface area contributed by atoms with Crippen molar-refractivity contribution in [3.8, 4) is 23.1 Å². The molecule has 2 aromatic carbocycles. The minimum absolute atomic E-state index is 0.292. The Balaban J connectivity index is 1.49. The van der Waals surface area contributed by atoms with Crippen LogP contribution < -0.4 is 5.32 Å². The van der Waals surface area contributed by atoms with Crippen LogP contribution in [0.2, 0.25) is 10.0 Å². The molecular formula is C19H11Cl2N3O3. The Morgan fingerprint density at radius 3 is 2.41 bits per heavy atom. The molecule has 0 atom stereocenters. The van der Waals surface area contributed by atoms with E-state index in [0.29, 0.717) is 44.4 Å². The lowest BCUT2D eigenvalue weighted by atomic mass is 10.2. The summed E-state index contributed by atoms with van der Waals surface area (Å²) < 4.78 is 10.8. The van der Waals surface area contributed by atoms with Crippen molar-refractivity contribution in [2.45, 2.75) is 0 Å². The summed E-state index contributed by atoms with van der Waals surface area (Å²) in [6.45, 7) is 0. The monoisotopic (exact) mass is 399 g/mol. The summed E-state index contributed by atoms with van der Waals surface area (Å²) in [6, 6.07) is 15.2. The highest BCUT2D eigenvalue weighted by Crippen LogP contribution is 2.26. The Kier molecular flexibility index (Phi) is 4.66. The fourth-order valence-corrected chi connectivity index (χ4v) is 2.67. The molecule has 0 unspecified atom stereocenters. The molecule has 0 spiro atoms. The van der Waals surface area contributed by atoms with Gasteiger partial charge in [0, 0.05) is 16.8 Å². The molecular weight excluding hydrogens is 389 g/mol. The fourth-order valence-electron chi connectivity index (χ4n) is 2.38. The third-order valence-corrected chi connectivity index (χ3v) is 4.47. The van der Waals surface area contributed by atoms with Crippen molar-refractivity contribution in [1.82, 2.24) is 10.2 Å². The zero-order valence-electron chi connectivity index (χ0n) is 13.6. The van der Waals surface area contributed by atoms with E-state index < -0.39 is 0 Å². The van der Waals surface area contributed by atoms with Gasteiger partial charge < -0.3 is 14.2 Å². The number of carbonyl (C=O) groups is 1. The summed E-state index contributed by atoms with van der Waals surface area (Å²) in [6.07, 6.45) is 1.53. The Morgan fingerprint density at radius 1 is 0.926 bits per heavy atom. The number of hydrogen-bond donors (Lipinski definition) is 1. The number of carbonyl (C=O) groups excluding carboxylic acids is 1. The average molecular weight is 400 g/mol. The Hall–Kier alpha value is -3.09. The predicted molar refractivity (Wildman–Crippen MR) is 102 cm³/mol. The van der Waals surface area contributed by atoms with E-state index in [0.717, 1.165) is 0 Å². The lowest BCUT2D eigenvalue weighted by Gasteiger charge is -2.06. The van der Waals surface area contributed by atoms with Gasteiger partial charge in [0.05, 0.1) is 16.3 Å². The molecule has 1 amide bonds. The van der Waals surface area contributed by atoms with E-state index in [-0.39, 0.29) is 5.91 Å². The first kappa shape index (κ1) is 17.3. The van der Waals surface area contributed by atoms with Gasteiger partial charge in [-0.05, 0) is 54.6 Å². The quantitative estimate of drug-likeness (QED) is 0.485. The number of halogens is 2. The lowest BCUT2D eigenvalue weighted by molar-refractivity contribution is 0.102. The molecule has 0 saturated carbocycles. The van der Waals surface area contributed by atoms with Crippen molar-refractivity contribution in [3.05, 3.63) is 76.5 Å². The highest BCUT2D eigenvalue weighted by Gasteiger charge is 2.13. The van der Waals surface area contributed by atoms with Gasteiger partial charge in [-0.3, -0.25) is 4.79 Å². The molecule has 0 aliphatic heterocycles. The molecule has 2 aromatic heterocycles. The summed E-state index contributed by atoms with van der Waals surface area (Å²) in [4.78, 5) is 12.3. The van der Waals surface area contributed by atoms with Crippen LogP contribution in [0.3, 0.4) is 0 Å². The summed E-state index contributed by atoms with van der Waals surface area (Å²) >= 11 is 11.8. The van der Waals surface area contributed by atoms with E-state index in [1.165, 1.54) is 12.3 Å². The molecule has 4 aromatic rings. The Morgan fingerprint density at radius 2 is 1.70 bits per heavy atom. The summed E-state index contributed by atoms with van der Waals surface area (Å²) in [5.74, 6) is 0.856. The number of amides is 1. The molecule has 27 heavy (non-hydrogen) atoms. The van der Waals surface area contributed by atoms with E-state index in [1.807, 2.05) is 0 Å². The number of nitrogens with one attached hydrogen (secondary N) is 1. The zero-order chi connectivity index (χ0) is 18.8. The van der Waals surface area contributed by atoms with Gasteiger partial charge in [-0.25, -0.2) is 0 Å². The van der Waals surface area contributed by atoms with Gasteiger partial charge in [0.1, 0.15) is 0 Å². The second kappa shape index (κ2) is 7.26. The molecule has 134 valence electrons. The van der Waals surface area contributed by atoms with Crippen molar-refractivity contribution < 1.29 is 13.6 Å². The van der Waals surface area contributed by atoms with Crippen LogP contribution in [-0.4, -0.2) is 16.1 Å². The first-order valence-corrected chi connectivity index (χ1v) is 8.60. The Bertz CT molecular complexity index is 1090. The number of nitrogens with zero attached hydrogens (tertiary/aromatic N) is 2. The average Bonchev–Trinajstić information content (AvgIpc) is 3.36. The van der Waals surface area contributed by atoms with Gasteiger partial charge in [0.15, 0.2) is 5.76 Å². The number of hydrogen-bond acceptors (Lipinski definition) is 5. The molecule has 4 rings (SSSR count). The lowest BCUT2D eigenvalue weighted by Crippen LogP contribution is -2.11. The van der Waals surface area contributed by atoms with E-state index in [4.69, 9.17) is 32.0 Å². The number of benzene rings is 2. The van der Waals surface area contributed by atoms with E-state index in [1.54, 1.807) is 48.5 Å². The predicted octanol–water partition coefficient (Wildman–Crippen LogP) is 5.56. The van der Waals surface area contributed by atoms with Crippen molar-refractivity contribution in [2.75, 3.05) is 5.32 Å². The van der Waals surface area contributed by atoms with E-state index >= 15 is 0 Å². The maximum absolute atomic E-state index is 12.3. The van der Waals surface area contributed by atoms with Crippen molar-refractivity contribution in [3.63, 3.8) is 0 Å². The van der Waals surface area contributed by atoms with Gasteiger partial charge in [0.2, 0.25) is 5.89 Å². The van der Waals surface area contributed by atoms with Gasteiger partial charge in [0.25, 0.3) is 11.8 Å². The first-order chi connectivity index (χ1) is 13.1. The fraction of sp³-hybridized carbons (Fsp3) is 0. The summed E-state index contributed by atoms with van der Waals surface area (Å²) in [5, 5.41) is 11.5. The molecule has 1 N–H and O–H groups in total. The van der Waals surface area contributed by atoms with Crippen molar-refractivity contribution in [2.24, 2.45) is 0 Å². The van der Waals surface area contributed by atoms with E-state index in [2.05, 4.69) is 15.5 Å². The van der Waals surface area contributed by atoms with Gasteiger partial charge in [-0.1, -0.05) is 23.2 Å². The molecule has 0 aliphatic rings. The standard InChI is InChI=1S/C19H11Cl2N3O3/c20-14-8-5-12(10-15(14)21)17(25)22-13-6-3-11(4-7-13)18-23-24-19(27-18)16-2-1-9-26-16/h1-10H,(H,22,25). The Labute approximate surface area is 163 Å².